The predicted octanol–water partition coefficient (Wildman–Crippen LogP) is 0.743. The van der Waals surface area contributed by atoms with Crippen LogP contribution in [0.25, 0.3) is 0 Å². The van der Waals surface area contributed by atoms with E-state index < -0.39 is 0 Å². The summed E-state index contributed by atoms with van der Waals surface area (Å²) in [5, 5.41) is 0. The van der Waals surface area contributed by atoms with Crippen LogP contribution in [0.15, 0.2) is 0 Å². The molecule has 3 heteroatoms. The topological polar surface area (TPSA) is 29.1 Å². The van der Waals surface area contributed by atoms with E-state index in [9.17, 15) is 4.79 Å². The number of rotatable bonds is 2. The molecule has 1 aliphatic rings. The maximum absolute atomic E-state index is 9.85. The molecule has 0 atom stereocenters. The van der Waals surface area contributed by atoms with Gasteiger partial charge >= 0.3 is 6.41 Å². The van der Waals surface area contributed by atoms with Crippen molar-refractivity contribution >= 4 is 17.5 Å². The zero-order chi connectivity index (χ0) is 6.53. The number of carbonyl (C=O) groups excluding carboxylic acids is 1. The largest absolute Gasteiger partial charge is 0.318 e. The first-order chi connectivity index (χ1) is 4.43. The van der Waals surface area contributed by atoms with Crippen LogP contribution in [-0.2, 0) is 4.79 Å². The van der Waals surface area contributed by atoms with Crippen LogP contribution >= 0.6 is 11.1 Å². The summed E-state index contributed by atoms with van der Waals surface area (Å²) in [6.45, 7) is 0. The molecule has 0 aliphatic carbocycles. The normalized spacial score (nSPS) is 23.3. The molecular formula is C6H12NOS. The molecule has 1 saturated heterocycles. The second kappa shape index (κ2) is 3.77. The van der Waals surface area contributed by atoms with Crippen molar-refractivity contribution in [1.29, 1.82) is 0 Å². The molecule has 0 aromatic rings. The average molecular weight is 146 g/mol. The van der Waals surface area contributed by atoms with Crippen LogP contribution in [0.2, 0.25) is 0 Å². The van der Waals surface area contributed by atoms with Crippen molar-refractivity contribution in [1.82, 2.24) is 4.72 Å². The van der Waals surface area contributed by atoms with Gasteiger partial charge in [-0.2, -0.15) is 11.1 Å². The average Bonchev–Trinajstić information content (AvgIpc) is 1.91. The van der Waals surface area contributed by atoms with Crippen molar-refractivity contribution in [3.05, 3.63) is 0 Å². The van der Waals surface area contributed by atoms with Gasteiger partial charge in [0.1, 0.15) is 0 Å². The Morgan fingerprint density at radius 1 is 1.22 bits per heavy atom. The summed E-state index contributed by atoms with van der Waals surface area (Å²) in [5.74, 6) is 2.43. The summed E-state index contributed by atoms with van der Waals surface area (Å²) in [6.07, 6.45) is 5.70. The van der Waals surface area contributed by atoms with Crippen LogP contribution in [0.1, 0.15) is 19.3 Å². The summed E-state index contributed by atoms with van der Waals surface area (Å²) < 4.78 is 2.74. The highest BCUT2D eigenvalue weighted by Gasteiger charge is 2.07. The molecule has 1 heterocycles. The number of thiol groups is 1. The van der Waals surface area contributed by atoms with Gasteiger partial charge in [-0.25, -0.2) is 0 Å². The van der Waals surface area contributed by atoms with Gasteiger partial charge in [0.05, 0.1) is 0 Å². The number of nitrogens with one attached hydrogen (secondary N) is 1. The number of hydrogen-bond acceptors (Lipinski definition) is 1. The summed E-state index contributed by atoms with van der Waals surface area (Å²) in [4.78, 5) is 9.85. The first kappa shape index (κ1) is 6.93. The minimum atomic E-state index is -0.145. The predicted molar refractivity (Wildman–Crippen MR) is 41.4 cm³/mol. The third kappa shape index (κ3) is 2.26. The minimum Gasteiger partial charge on any atom is -0.312 e. The van der Waals surface area contributed by atoms with Crippen molar-refractivity contribution in [2.45, 2.75) is 19.3 Å². The second-order valence-electron chi connectivity index (χ2n) is 2.26. The van der Waals surface area contributed by atoms with E-state index in [-0.39, 0.29) is 11.1 Å². The summed E-state index contributed by atoms with van der Waals surface area (Å²) in [5.41, 5.74) is 0. The molecule has 0 unspecified atom stereocenters. The fourth-order valence-electron chi connectivity index (χ4n) is 1.07. The van der Waals surface area contributed by atoms with Crippen molar-refractivity contribution in [3.8, 4) is 0 Å². The molecule has 0 bridgehead atoms. The molecule has 0 spiro atoms. The Kier molecular flexibility index (Phi) is 2.91. The molecule has 1 aliphatic heterocycles. The SMILES string of the molecule is O=[C]N[SH]1CCCCC1. The lowest BCUT2D eigenvalue weighted by atomic mass is 10.3. The molecule has 1 fully saturated rings. The molecule has 0 saturated carbocycles. The van der Waals surface area contributed by atoms with Crippen LogP contribution in [0.3, 0.4) is 0 Å². The smallest absolute Gasteiger partial charge is 0.312 e. The molecule has 1 rings (SSSR count). The van der Waals surface area contributed by atoms with E-state index in [0.717, 1.165) is 0 Å². The lowest BCUT2D eigenvalue weighted by molar-refractivity contribution is 0.554. The third-order valence-corrected chi connectivity index (χ3v) is 3.68. The minimum absolute atomic E-state index is 0.145. The van der Waals surface area contributed by atoms with E-state index in [1.165, 1.54) is 30.8 Å². The van der Waals surface area contributed by atoms with Crippen molar-refractivity contribution in [2.75, 3.05) is 11.5 Å². The molecular weight excluding hydrogens is 134 g/mol. The zero-order valence-corrected chi connectivity index (χ0v) is 6.29. The van der Waals surface area contributed by atoms with Crippen molar-refractivity contribution < 1.29 is 4.79 Å². The van der Waals surface area contributed by atoms with E-state index in [2.05, 4.69) is 4.72 Å². The number of amides is 1. The molecule has 2 nitrogen and oxygen atoms in total. The Hall–Kier alpha value is -0.180. The monoisotopic (exact) mass is 146 g/mol. The van der Waals surface area contributed by atoms with Crippen molar-refractivity contribution in [3.63, 3.8) is 0 Å². The van der Waals surface area contributed by atoms with E-state index >= 15 is 0 Å². The molecule has 1 radical (unpaired) electrons. The molecule has 53 valence electrons. The second-order valence-corrected chi connectivity index (χ2v) is 4.46. The van der Waals surface area contributed by atoms with Gasteiger partial charge in [-0.15, -0.1) is 0 Å². The quantitative estimate of drug-likeness (QED) is 0.437. The lowest BCUT2D eigenvalue weighted by Crippen LogP contribution is -2.15. The Labute approximate surface area is 58.5 Å². The Balaban J connectivity index is 2.15. The van der Waals surface area contributed by atoms with Crippen LogP contribution in [-0.4, -0.2) is 17.9 Å². The highest BCUT2D eigenvalue weighted by Crippen LogP contribution is 2.27. The maximum Gasteiger partial charge on any atom is 0.318 e. The van der Waals surface area contributed by atoms with Crippen molar-refractivity contribution in [2.24, 2.45) is 0 Å². The van der Waals surface area contributed by atoms with Crippen LogP contribution in [0.4, 0.5) is 0 Å². The van der Waals surface area contributed by atoms with E-state index in [4.69, 9.17) is 0 Å². The third-order valence-electron chi connectivity index (χ3n) is 1.56. The highest BCUT2D eigenvalue weighted by atomic mass is 32.2. The van der Waals surface area contributed by atoms with E-state index in [1.54, 1.807) is 6.41 Å². The van der Waals surface area contributed by atoms with Gasteiger partial charge in [-0.1, -0.05) is 6.42 Å². The summed E-state index contributed by atoms with van der Waals surface area (Å²) in [6, 6.07) is 0. The molecule has 1 N–H and O–H groups in total. The van der Waals surface area contributed by atoms with Gasteiger partial charge in [-0.05, 0) is 24.3 Å². The van der Waals surface area contributed by atoms with Gasteiger partial charge in [0, 0.05) is 0 Å². The molecule has 1 amide bonds. The van der Waals surface area contributed by atoms with Gasteiger partial charge in [0.25, 0.3) is 0 Å². The maximum atomic E-state index is 9.85. The Morgan fingerprint density at radius 3 is 2.44 bits per heavy atom. The summed E-state index contributed by atoms with van der Waals surface area (Å²) >= 11 is -0.145. The molecule has 9 heavy (non-hydrogen) atoms. The molecule has 0 aromatic heterocycles. The van der Waals surface area contributed by atoms with Gasteiger partial charge in [-0.3, -0.25) is 4.79 Å². The highest BCUT2D eigenvalue weighted by molar-refractivity contribution is 8.15. The lowest BCUT2D eigenvalue weighted by Gasteiger charge is -2.23. The summed E-state index contributed by atoms with van der Waals surface area (Å²) in [7, 11) is 0. The molecule has 0 aromatic carbocycles. The number of hydrogen-bond donors (Lipinski definition) is 2. The standard InChI is InChI=1S/C6H12NOS/c8-6-7-9-4-2-1-3-5-9/h9H,1-5H2,(H,7,8). The van der Waals surface area contributed by atoms with Gasteiger partial charge in [0.15, 0.2) is 0 Å². The first-order valence-electron chi connectivity index (χ1n) is 3.31. The van der Waals surface area contributed by atoms with Crippen LogP contribution in [0, 0.1) is 0 Å². The van der Waals surface area contributed by atoms with Gasteiger partial charge in [0.2, 0.25) is 0 Å². The van der Waals surface area contributed by atoms with Crippen LogP contribution < -0.4 is 4.72 Å². The van der Waals surface area contributed by atoms with Crippen LogP contribution in [0.5, 0.6) is 0 Å². The Morgan fingerprint density at radius 2 is 1.89 bits per heavy atom. The van der Waals surface area contributed by atoms with Gasteiger partial charge < -0.3 is 4.72 Å². The van der Waals surface area contributed by atoms with E-state index in [1.807, 2.05) is 0 Å². The fourth-order valence-corrected chi connectivity index (χ4v) is 2.86. The first-order valence-corrected chi connectivity index (χ1v) is 5.02. The fraction of sp³-hybridized carbons (Fsp3) is 0.833. The van der Waals surface area contributed by atoms with E-state index in [0.29, 0.717) is 0 Å². The Bertz CT molecular complexity index is 91.1. The zero-order valence-electron chi connectivity index (χ0n) is 5.39.